The molecule has 0 radical (unpaired) electrons. The molecule has 4 rings (SSSR count). The molecule has 4 heterocycles. The van der Waals surface area contributed by atoms with E-state index in [1.54, 1.807) is 0 Å². The van der Waals surface area contributed by atoms with E-state index in [2.05, 4.69) is 31.0 Å². The number of amides is 2. The van der Waals surface area contributed by atoms with E-state index in [4.69, 9.17) is 21.5 Å². The molecule has 7 N–H and O–H groups in total. The SMILES string of the molecule is CC(O/N=C(\C(=O)N[C@@H]1C(=O)N2C(C(=O)O)=C(CSc3nnnn3N)CS[C@H]12)c1csc(N)n1)C(=O)O. The van der Waals surface area contributed by atoms with E-state index in [9.17, 15) is 24.3 Å². The first-order chi connectivity index (χ1) is 17.6. The smallest absolute Gasteiger partial charge is 0.352 e. The number of anilines is 1. The van der Waals surface area contributed by atoms with Crippen molar-refractivity contribution in [2.75, 3.05) is 23.1 Å². The van der Waals surface area contributed by atoms with Crippen LogP contribution < -0.4 is 16.9 Å². The van der Waals surface area contributed by atoms with Gasteiger partial charge >= 0.3 is 11.9 Å². The van der Waals surface area contributed by atoms with Gasteiger partial charge in [-0.05, 0) is 22.9 Å². The number of carboxylic acids is 2. The third-order valence-corrected chi connectivity index (χ3v) is 8.04. The van der Waals surface area contributed by atoms with E-state index in [-0.39, 0.29) is 33.2 Å². The molecule has 3 atom stereocenters. The molecule has 1 fully saturated rings. The quantitative estimate of drug-likeness (QED) is 0.0690. The maximum absolute atomic E-state index is 13.0. The maximum atomic E-state index is 13.0. The molecule has 0 bridgehead atoms. The molecule has 2 aromatic rings. The fraction of sp³-hybridized carbons (Fsp3) is 0.353. The number of aromatic nitrogens is 5. The third-order valence-electron chi connectivity index (χ3n) is 5.00. The molecule has 2 amide bonds. The zero-order valence-corrected chi connectivity index (χ0v) is 21.1. The first kappa shape index (κ1) is 26.2. The summed E-state index contributed by atoms with van der Waals surface area (Å²) in [5.41, 5.74) is 5.52. The Kier molecular flexibility index (Phi) is 7.50. The monoisotopic (exact) mass is 570 g/mol. The van der Waals surface area contributed by atoms with Gasteiger partial charge in [-0.3, -0.25) is 14.5 Å². The molecule has 1 saturated heterocycles. The summed E-state index contributed by atoms with van der Waals surface area (Å²) in [5, 5.41) is 36.7. The number of rotatable bonds is 10. The van der Waals surface area contributed by atoms with Crippen LogP contribution in [0.25, 0.3) is 0 Å². The highest BCUT2D eigenvalue weighted by atomic mass is 32.2. The Morgan fingerprint density at radius 1 is 1.41 bits per heavy atom. The van der Waals surface area contributed by atoms with Gasteiger partial charge in [-0.15, -0.1) is 27.9 Å². The summed E-state index contributed by atoms with van der Waals surface area (Å²) >= 11 is 3.38. The van der Waals surface area contributed by atoms with Crippen LogP contribution in [0.4, 0.5) is 5.13 Å². The molecule has 2 aromatic heterocycles. The van der Waals surface area contributed by atoms with Crippen LogP contribution in [-0.4, -0.2) is 98.9 Å². The largest absolute Gasteiger partial charge is 0.478 e. The van der Waals surface area contributed by atoms with Gasteiger partial charge in [-0.1, -0.05) is 22.0 Å². The molecule has 0 aromatic carbocycles. The third kappa shape index (κ3) is 5.29. The number of carboxylic acid groups (broad SMARTS) is 2. The van der Waals surface area contributed by atoms with Gasteiger partial charge in [-0.25, -0.2) is 14.6 Å². The normalized spacial score (nSPS) is 20.2. The number of hydrogen-bond acceptors (Lipinski definition) is 15. The number of aliphatic carboxylic acids is 2. The first-order valence-corrected chi connectivity index (χ1v) is 13.0. The van der Waals surface area contributed by atoms with Crippen LogP contribution in [0, 0.1) is 0 Å². The lowest BCUT2D eigenvalue weighted by Gasteiger charge is -2.49. The minimum absolute atomic E-state index is 0.0187. The molecule has 0 spiro atoms. The second kappa shape index (κ2) is 10.6. The van der Waals surface area contributed by atoms with Crippen molar-refractivity contribution in [3.8, 4) is 0 Å². The number of tetrazole rings is 1. The van der Waals surface area contributed by atoms with Crippen LogP contribution in [0.2, 0.25) is 0 Å². The standard InChI is InChI=1S/C17H18N10O7S3/c1-5(14(30)31)34-23-8(7-4-36-16(18)20-7)11(28)21-9-12(29)26-10(15(32)33)6(2-35-13(9)26)3-37-17-22-24-25-27(17)19/h4-5,9,13H,2-3,19H2,1H3,(H2,18,20)(H,21,28)(H,30,31)(H,32,33)/b23-8-/t5?,9-,13-/m1/s1. The predicted octanol–water partition coefficient (Wildman–Crippen LogP) is -1.85. The van der Waals surface area contributed by atoms with Crippen molar-refractivity contribution in [1.82, 2.24) is 35.5 Å². The van der Waals surface area contributed by atoms with E-state index in [1.807, 2.05) is 0 Å². The lowest BCUT2D eigenvalue weighted by molar-refractivity contribution is -0.150. The molecule has 0 aliphatic carbocycles. The number of nitrogens with zero attached hydrogens (tertiary/aromatic N) is 7. The highest BCUT2D eigenvalue weighted by Gasteiger charge is 2.54. The Morgan fingerprint density at radius 2 is 2.16 bits per heavy atom. The molecular formula is C17H18N10O7S3. The number of nitrogens with two attached hydrogens (primary N) is 2. The number of fused-ring (bicyclic) bond motifs is 1. The van der Waals surface area contributed by atoms with Gasteiger partial charge in [0.1, 0.15) is 22.8 Å². The predicted molar refractivity (Wildman–Crippen MR) is 130 cm³/mol. The number of oxime groups is 1. The summed E-state index contributed by atoms with van der Waals surface area (Å²) in [5.74, 6) is 1.86. The molecule has 0 saturated carbocycles. The second-order valence-electron chi connectivity index (χ2n) is 7.41. The lowest BCUT2D eigenvalue weighted by Crippen LogP contribution is -2.71. The highest BCUT2D eigenvalue weighted by molar-refractivity contribution is 8.01. The van der Waals surface area contributed by atoms with Crippen molar-refractivity contribution in [1.29, 1.82) is 0 Å². The van der Waals surface area contributed by atoms with Crippen molar-refractivity contribution in [2.45, 2.75) is 29.6 Å². The summed E-state index contributed by atoms with van der Waals surface area (Å²) < 4.78 is 0. The number of hydrogen-bond donors (Lipinski definition) is 5. The number of β-lactam (4-membered cyclic amide) rings is 1. The lowest BCUT2D eigenvalue weighted by atomic mass is 10.0. The summed E-state index contributed by atoms with van der Waals surface area (Å²) in [7, 11) is 0. The first-order valence-electron chi connectivity index (χ1n) is 10.1. The number of thioether (sulfide) groups is 2. The summed E-state index contributed by atoms with van der Waals surface area (Å²) in [6, 6.07) is -1.07. The second-order valence-corrected chi connectivity index (χ2v) is 10.3. The van der Waals surface area contributed by atoms with Gasteiger partial charge in [0.15, 0.2) is 10.8 Å². The molecule has 37 heavy (non-hydrogen) atoms. The van der Waals surface area contributed by atoms with Gasteiger partial charge in [0, 0.05) is 16.9 Å². The van der Waals surface area contributed by atoms with Crippen molar-refractivity contribution in [2.24, 2.45) is 5.16 Å². The molecule has 2 aliphatic rings. The van der Waals surface area contributed by atoms with Crippen LogP contribution in [0.1, 0.15) is 12.6 Å². The Labute approximate surface area is 219 Å². The summed E-state index contributed by atoms with van der Waals surface area (Å²) in [4.78, 5) is 59.9. The van der Waals surface area contributed by atoms with E-state index < -0.39 is 47.0 Å². The summed E-state index contributed by atoms with van der Waals surface area (Å²) in [6.45, 7) is 1.21. The van der Waals surface area contributed by atoms with Gasteiger partial charge < -0.3 is 31.9 Å². The fourth-order valence-electron chi connectivity index (χ4n) is 3.21. The van der Waals surface area contributed by atoms with E-state index in [0.29, 0.717) is 5.57 Å². The molecule has 1 unspecified atom stereocenters. The number of carbonyl (C=O) groups is 4. The van der Waals surface area contributed by atoms with Gasteiger partial charge in [-0.2, -0.15) is 0 Å². The number of nitrogen functional groups attached to an aromatic ring is 2. The number of thiazole rings is 1. The average Bonchev–Trinajstić information content (AvgIpc) is 3.47. The van der Waals surface area contributed by atoms with Gasteiger partial charge in [0.05, 0.1) is 0 Å². The zero-order chi connectivity index (χ0) is 26.9. The van der Waals surface area contributed by atoms with Crippen molar-refractivity contribution in [3.63, 3.8) is 0 Å². The van der Waals surface area contributed by atoms with E-state index in [1.165, 1.54) is 24.1 Å². The van der Waals surface area contributed by atoms with E-state index in [0.717, 1.165) is 32.8 Å². The molecule has 196 valence electrons. The number of carbonyl (C=O) groups excluding carboxylic acids is 2. The molecular weight excluding hydrogens is 552 g/mol. The highest BCUT2D eigenvalue weighted by Crippen LogP contribution is 2.41. The van der Waals surface area contributed by atoms with Crippen molar-refractivity contribution in [3.05, 3.63) is 22.3 Å². The Morgan fingerprint density at radius 3 is 2.76 bits per heavy atom. The molecule has 2 aliphatic heterocycles. The Hall–Kier alpha value is -3.91. The van der Waals surface area contributed by atoms with Crippen LogP contribution in [0.3, 0.4) is 0 Å². The minimum Gasteiger partial charge on any atom is -0.478 e. The van der Waals surface area contributed by atoms with Crippen LogP contribution in [0.15, 0.2) is 27.0 Å². The van der Waals surface area contributed by atoms with Crippen LogP contribution >= 0.6 is 34.9 Å². The minimum atomic E-state index is -1.36. The van der Waals surface area contributed by atoms with Crippen molar-refractivity contribution < 1.29 is 34.2 Å². The Bertz CT molecular complexity index is 1320. The van der Waals surface area contributed by atoms with Crippen LogP contribution in [-0.2, 0) is 24.0 Å². The van der Waals surface area contributed by atoms with Gasteiger partial charge in [0.2, 0.25) is 11.3 Å². The maximum Gasteiger partial charge on any atom is 0.352 e. The van der Waals surface area contributed by atoms with Crippen LogP contribution in [0.5, 0.6) is 0 Å². The van der Waals surface area contributed by atoms with Gasteiger partial charge in [0.25, 0.3) is 11.8 Å². The fourth-order valence-corrected chi connectivity index (χ4v) is 6.04. The topological polar surface area (TPSA) is 254 Å². The van der Waals surface area contributed by atoms with E-state index >= 15 is 0 Å². The molecule has 17 nitrogen and oxygen atoms in total. The average molecular weight is 571 g/mol. The number of nitrogens with one attached hydrogen (secondary N) is 1. The van der Waals surface area contributed by atoms with Crippen molar-refractivity contribution >= 4 is 69.5 Å². The molecule has 20 heteroatoms. The Balaban J connectivity index is 1.50. The zero-order valence-electron chi connectivity index (χ0n) is 18.7. The summed E-state index contributed by atoms with van der Waals surface area (Å²) in [6.07, 6.45) is -1.36.